The van der Waals surface area contributed by atoms with Gasteiger partial charge >= 0.3 is 0 Å². The molecule has 0 aliphatic rings. The van der Waals surface area contributed by atoms with E-state index in [-0.39, 0.29) is 0 Å². The van der Waals surface area contributed by atoms with Gasteiger partial charge in [-0.15, -0.1) is 11.3 Å². The highest BCUT2D eigenvalue weighted by Gasteiger charge is 2.09. The molecule has 0 saturated heterocycles. The Bertz CT molecular complexity index is 566. The molecule has 0 saturated carbocycles. The monoisotopic (exact) mass is 323 g/mol. The minimum atomic E-state index is 0.554. The molecule has 0 aliphatic heterocycles. The average Bonchev–Trinajstić information content (AvgIpc) is 3.00. The zero-order valence-electron chi connectivity index (χ0n) is 11.9. The summed E-state index contributed by atoms with van der Waals surface area (Å²) in [6.07, 6.45) is 2.47. The first kappa shape index (κ1) is 15.5. The lowest BCUT2D eigenvalue weighted by molar-refractivity contribution is 0.385. The van der Waals surface area contributed by atoms with E-state index in [9.17, 15) is 0 Å². The number of benzene rings is 1. The van der Waals surface area contributed by atoms with E-state index in [4.69, 9.17) is 21.7 Å². The number of thiazole rings is 1. The van der Waals surface area contributed by atoms with Crippen molar-refractivity contribution in [2.75, 3.05) is 26.1 Å². The first-order valence-corrected chi connectivity index (χ1v) is 7.67. The van der Waals surface area contributed by atoms with Gasteiger partial charge in [0, 0.05) is 23.7 Å². The van der Waals surface area contributed by atoms with Crippen LogP contribution in [-0.4, -0.2) is 30.9 Å². The van der Waals surface area contributed by atoms with Crippen molar-refractivity contribution in [3.05, 3.63) is 35.3 Å². The highest BCUT2D eigenvalue weighted by atomic mass is 32.1. The SMILES string of the molecule is COc1cccc(OC)c1CCNC(=S)Nc1nccs1. The number of thiocarbonyl (C=S) groups is 1. The standard InChI is InChI=1S/C14H17N3O2S2/c1-18-11-4-3-5-12(19-2)10(11)6-7-15-13(20)17-14-16-8-9-21-14/h3-5,8-9H,6-7H2,1-2H3,(H2,15,16,17,20). The van der Waals surface area contributed by atoms with Gasteiger partial charge in [0.2, 0.25) is 0 Å². The molecule has 5 nitrogen and oxygen atoms in total. The van der Waals surface area contributed by atoms with Gasteiger partial charge < -0.3 is 20.1 Å². The molecule has 0 atom stereocenters. The van der Waals surface area contributed by atoms with Crippen LogP contribution >= 0.6 is 23.6 Å². The number of hydrogen-bond donors (Lipinski definition) is 2. The van der Waals surface area contributed by atoms with Crippen molar-refractivity contribution in [2.45, 2.75) is 6.42 Å². The molecule has 21 heavy (non-hydrogen) atoms. The average molecular weight is 323 g/mol. The fourth-order valence-corrected chi connectivity index (χ4v) is 2.70. The molecule has 7 heteroatoms. The van der Waals surface area contributed by atoms with Crippen LogP contribution in [0.4, 0.5) is 5.13 Å². The Labute approximate surface area is 133 Å². The fraction of sp³-hybridized carbons (Fsp3) is 0.286. The molecule has 0 aliphatic carbocycles. The summed E-state index contributed by atoms with van der Waals surface area (Å²) in [5.74, 6) is 1.63. The van der Waals surface area contributed by atoms with Crippen LogP contribution in [-0.2, 0) is 6.42 Å². The predicted octanol–water partition coefficient (Wildman–Crippen LogP) is 2.69. The van der Waals surface area contributed by atoms with Crippen LogP contribution in [0.3, 0.4) is 0 Å². The van der Waals surface area contributed by atoms with Crippen LogP contribution in [0.15, 0.2) is 29.8 Å². The van der Waals surface area contributed by atoms with Gasteiger partial charge in [-0.1, -0.05) is 6.07 Å². The Kier molecular flexibility index (Phi) is 5.77. The van der Waals surface area contributed by atoms with Crippen molar-refractivity contribution in [1.82, 2.24) is 10.3 Å². The van der Waals surface area contributed by atoms with Crippen molar-refractivity contribution in [3.63, 3.8) is 0 Å². The molecule has 0 bridgehead atoms. The van der Waals surface area contributed by atoms with Crippen LogP contribution < -0.4 is 20.1 Å². The Morgan fingerprint density at radius 1 is 1.29 bits per heavy atom. The second-order valence-electron chi connectivity index (χ2n) is 4.11. The second kappa shape index (κ2) is 7.80. The van der Waals surface area contributed by atoms with Crippen molar-refractivity contribution in [2.24, 2.45) is 0 Å². The van der Waals surface area contributed by atoms with E-state index in [1.54, 1.807) is 20.4 Å². The van der Waals surface area contributed by atoms with E-state index in [0.717, 1.165) is 28.6 Å². The minimum absolute atomic E-state index is 0.554. The number of hydrogen-bond acceptors (Lipinski definition) is 5. The summed E-state index contributed by atoms with van der Waals surface area (Å²) in [7, 11) is 3.31. The van der Waals surface area contributed by atoms with E-state index < -0.39 is 0 Å². The number of methoxy groups -OCH3 is 2. The van der Waals surface area contributed by atoms with Crippen molar-refractivity contribution in [3.8, 4) is 11.5 Å². The summed E-state index contributed by atoms with van der Waals surface area (Å²) in [6, 6.07) is 5.75. The van der Waals surface area contributed by atoms with E-state index in [1.807, 2.05) is 23.6 Å². The topological polar surface area (TPSA) is 55.4 Å². The third-order valence-electron chi connectivity index (χ3n) is 2.84. The lowest BCUT2D eigenvalue weighted by Crippen LogP contribution is -2.30. The molecule has 0 radical (unpaired) electrons. The van der Waals surface area contributed by atoms with Crippen LogP contribution in [0.25, 0.3) is 0 Å². The van der Waals surface area contributed by atoms with Gasteiger partial charge in [0.25, 0.3) is 0 Å². The molecule has 0 amide bonds. The molecule has 2 N–H and O–H groups in total. The number of nitrogens with one attached hydrogen (secondary N) is 2. The molecule has 0 unspecified atom stereocenters. The Morgan fingerprint density at radius 3 is 2.57 bits per heavy atom. The largest absolute Gasteiger partial charge is 0.496 e. The summed E-state index contributed by atoms with van der Waals surface area (Å²) >= 11 is 6.73. The first-order chi connectivity index (χ1) is 10.2. The fourth-order valence-electron chi connectivity index (χ4n) is 1.90. The van der Waals surface area contributed by atoms with Crippen molar-refractivity contribution in [1.29, 1.82) is 0 Å². The summed E-state index contributed by atoms with van der Waals surface area (Å²) < 4.78 is 10.7. The van der Waals surface area contributed by atoms with Crippen LogP contribution in [0.2, 0.25) is 0 Å². The first-order valence-electron chi connectivity index (χ1n) is 6.38. The zero-order chi connectivity index (χ0) is 15.1. The molecule has 1 aromatic heterocycles. The second-order valence-corrected chi connectivity index (χ2v) is 5.41. The summed E-state index contributed by atoms with van der Waals surface area (Å²) in [4.78, 5) is 4.12. The van der Waals surface area contributed by atoms with Gasteiger partial charge in [0.15, 0.2) is 10.2 Å². The van der Waals surface area contributed by atoms with Gasteiger partial charge in [-0.25, -0.2) is 4.98 Å². The highest BCUT2D eigenvalue weighted by Crippen LogP contribution is 2.28. The Balaban J connectivity index is 1.89. The minimum Gasteiger partial charge on any atom is -0.496 e. The maximum atomic E-state index is 5.37. The number of ether oxygens (including phenoxy) is 2. The molecule has 0 spiro atoms. The number of rotatable bonds is 6. The van der Waals surface area contributed by atoms with E-state index in [1.165, 1.54) is 11.3 Å². The number of aromatic nitrogens is 1. The summed E-state index contributed by atoms with van der Waals surface area (Å²) in [5.41, 5.74) is 1.02. The third-order valence-corrected chi connectivity index (χ3v) is 3.78. The number of nitrogens with zero attached hydrogens (tertiary/aromatic N) is 1. The predicted molar refractivity (Wildman–Crippen MR) is 89.6 cm³/mol. The zero-order valence-corrected chi connectivity index (χ0v) is 13.5. The van der Waals surface area contributed by atoms with Gasteiger partial charge in [0.1, 0.15) is 11.5 Å². The Hall–Kier alpha value is -1.86. The molecule has 2 aromatic rings. The highest BCUT2D eigenvalue weighted by molar-refractivity contribution is 7.80. The van der Waals surface area contributed by atoms with E-state index in [2.05, 4.69) is 15.6 Å². The molecule has 1 heterocycles. The van der Waals surface area contributed by atoms with Crippen molar-refractivity contribution < 1.29 is 9.47 Å². The molecule has 1 aromatic carbocycles. The molecular weight excluding hydrogens is 306 g/mol. The maximum absolute atomic E-state index is 5.37. The Morgan fingerprint density at radius 2 is 2.00 bits per heavy atom. The van der Waals surface area contributed by atoms with E-state index >= 15 is 0 Å². The molecule has 0 fully saturated rings. The molecule has 112 valence electrons. The molecular formula is C14H17N3O2S2. The lowest BCUT2D eigenvalue weighted by atomic mass is 10.1. The van der Waals surface area contributed by atoms with Gasteiger partial charge in [-0.05, 0) is 30.8 Å². The van der Waals surface area contributed by atoms with Gasteiger partial charge in [-0.2, -0.15) is 0 Å². The van der Waals surface area contributed by atoms with Crippen molar-refractivity contribution >= 4 is 33.8 Å². The normalized spacial score (nSPS) is 10.0. The van der Waals surface area contributed by atoms with Crippen LogP contribution in [0.5, 0.6) is 11.5 Å². The van der Waals surface area contributed by atoms with E-state index in [0.29, 0.717) is 11.7 Å². The summed E-state index contributed by atoms with van der Waals surface area (Å²) in [5, 5.41) is 9.41. The van der Waals surface area contributed by atoms with Crippen LogP contribution in [0, 0.1) is 0 Å². The number of anilines is 1. The smallest absolute Gasteiger partial charge is 0.188 e. The lowest BCUT2D eigenvalue weighted by Gasteiger charge is -2.14. The van der Waals surface area contributed by atoms with Crippen LogP contribution in [0.1, 0.15) is 5.56 Å². The summed E-state index contributed by atoms with van der Waals surface area (Å²) in [6.45, 7) is 0.675. The maximum Gasteiger partial charge on any atom is 0.188 e. The quantitative estimate of drug-likeness (QED) is 0.797. The third kappa shape index (κ3) is 4.30. The van der Waals surface area contributed by atoms with Gasteiger partial charge in [-0.3, -0.25) is 0 Å². The van der Waals surface area contributed by atoms with Gasteiger partial charge in [0.05, 0.1) is 14.2 Å². The molecule has 2 rings (SSSR count).